The number of hydrogen-bond acceptors (Lipinski definition) is 2. The zero-order valence-corrected chi connectivity index (χ0v) is 12.2. The van der Waals surface area contributed by atoms with Crippen molar-refractivity contribution < 1.29 is 4.74 Å². The Labute approximate surface area is 107 Å². The second-order valence-electron chi connectivity index (χ2n) is 6.88. The first-order chi connectivity index (χ1) is 7.93. The minimum Gasteiger partial charge on any atom is -0.378 e. The van der Waals surface area contributed by atoms with E-state index >= 15 is 0 Å². The lowest BCUT2D eigenvalue weighted by Gasteiger charge is -2.31. The van der Waals surface area contributed by atoms with Gasteiger partial charge in [0.2, 0.25) is 0 Å². The molecule has 1 aliphatic rings. The van der Waals surface area contributed by atoms with Crippen molar-refractivity contribution in [2.45, 2.75) is 65.9 Å². The molecule has 17 heavy (non-hydrogen) atoms. The molecule has 1 aliphatic carbocycles. The molecule has 0 spiro atoms. The Bertz CT molecular complexity index is 205. The first-order valence-corrected chi connectivity index (χ1v) is 7.24. The molecule has 0 radical (unpaired) electrons. The molecule has 2 unspecified atom stereocenters. The van der Waals surface area contributed by atoms with Gasteiger partial charge in [0.15, 0.2) is 0 Å². The van der Waals surface area contributed by atoms with Crippen molar-refractivity contribution in [1.29, 1.82) is 0 Å². The molecule has 0 amide bonds. The molecule has 0 aliphatic heterocycles. The lowest BCUT2D eigenvalue weighted by atomic mass is 9.82. The summed E-state index contributed by atoms with van der Waals surface area (Å²) in [4.78, 5) is 0. The zero-order chi connectivity index (χ0) is 12.9. The Balaban J connectivity index is 2.14. The van der Waals surface area contributed by atoms with Crippen molar-refractivity contribution >= 4 is 0 Å². The second kappa shape index (κ2) is 6.75. The van der Waals surface area contributed by atoms with Crippen molar-refractivity contribution in [2.75, 3.05) is 13.2 Å². The summed E-state index contributed by atoms with van der Waals surface area (Å²) < 4.78 is 6.02. The number of rotatable bonds is 6. The van der Waals surface area contributed by atoms with E-state index in [1.165, 1.54) is 25.7 Å². The molecule has 1 fully saturated rings. The second-order valence-corrected chi connectivity index (χ2v) is 6.88. The van der Waals surface area contributed by atoms with E-state index in [-0.39, 0.29) is 5.41 Å². The summed E-state index contributed by atoms with van der Waals surface area (Å²) in [5.41, 5.74) is 6.00. The Morgan fingerprint density at radius 3 is 2.24 bits per heavy atom. The van der Waals surface area contributed by atoms with Crippen molar-refractivity contribution in [3.8, 4) is 0 Å². The van der Waals surface area contributed by atoms with Gasteiger partial charge in [-0.2, -0.15) is 0 Å². The average molecular weight is 241 g/mol. The highest BCUT2D eigenvalue weighted by Crippen LogP contribution is 2.30. The van der Waals surface area contributed by atoms with Gasteiger partial charge in [0.1, 0.15) is 0 Å². The van der Waals surface area contributed by atoms with Gasteiger partial charge in [-0.25, -0.2) is 0 Å². The number of ether oxygens (including phenoxy) is 1. The van der Waals surface area contributed by atoms with Crippen LogP contribution in [0, 0.1) is 17.3 Å². The quantitative estimate of drug-likeness (QED) is 0.721. The van der Waals surface area contributed by atoms with E-state index in [0.29, 0.717) is 6.10 Å². The van der Waals surface area contributed by atoms with Gasteiger partial charge in [-0.1, -0.05) is 27.7 Å². The standard InChI is InChI=1S/C15H31NO/c1-12-8-13(2)10-14(9-12)17-7-5-6-15(3,4)11-16/h12-14H,5-11,16H2,1-4H3. The third kappa shape index (κ3) is 5.87. The largest absolute Gasteiger partial charge is 0.378 e. The van der Waals surface area contributed by atoms with Gasteiger partial charge in [0.25, 0.3) is 0 Å². The van der Waals surface area contributed by atoms with Crippen molar-refractivity contribution in [3.63, 3.8) is 0 Å². The molecule has 2 atom stereocenters. The van der Waals surface area contributed by atoms with Gasteiger partial charge in [0, 0.05) is 6.61 Å². The molecule has 1 saturated carbocycles. The highest BCUT2D eigenvalue weighted by molar-refractivity contribution is 4.75. The van der Waals surface area contributed by atoms with Crippen molar-refractivity contribution in [2.24, 2.45) is 23.0 Å². The van der Waals surface area contributed by atoms with E-state index < -0.39 is 0 Å². The van der Waals surface area contributed by atoms with Gasteiger partial charge in [-0.3, -0.25) is 0 Å². The molecule has 0 aromatic rings. The predicted molar refractivity (Wildman–Crippen MR) is 74.0 cm³/mol. The summed E-state index contributed by atoms with van der Waals surface area (Å²) in [5, 5.41) is 0. The van der Waals surface area contributed by atoms with Crippen LogP contribution < -0.4 is 5.73 Å². The first-order valence-electron chi connectivity index (χ1n) is 7.24. The van der Waals surface area contributed by atoms with Crippen LogP contribution in [0.3, 0.4) is 0 Å². The third-order valence-electron chi connectivity index (χ3n) is 4.04. The summed E-state index contributed by atoms with van der Waals surface area (Å²) in [7, 11) is 0. The van der Waals surface area contributed by atoms with Crippen LogP contribution in [0.2, 0.25) is 0 Å². The van der Waals surface area contributed by atoms with E-state index in [4.69, 9.17) is 10.5 Å². The zero-order valence-electron chi connectivity index (χ0n) is 12.2. The molecule has 2 nitrogen and oxygen atoms in total. The molecular formula is C15H31NO. The minimum atomic E-state index is 0.274. The predicted octanol–water partition coefficient (Wildman–Crippen LogP) is 3.59. The Morgan fingerprint density at radius 2 is 1.71 bits per heavy atom. The van der Waals surface area contributed by atoms with Crippen LogP contribution in [-0.4, -0.2) is 19.3 Å². The molecule has 0 aromatic carbocycles. The topological polar surface area (TPSA) is 35.2 Å². The highest BCUT2D eigenvalue weighted by atomic mass is 16.5. The summed E-state index contributed by atoms with van der Waals surface area (Å²) >= 11 is 0. The third-order valence-corrected chi connectivity index (χ3v) is 4.04. The lowest BCUT2D eigenvalue weighted by molar-refractivity contribution is -0.00292. The van der Waals surface area contributed by atoms with Crippen LogP contribution in [0.1, 0.15) is 59.8 Å². The minimum absolute atomic E-state index is 0.274. The summed E-state index contributed by atoms with van der Waals surface area (Å²) in [6.45, 7) is 10.8. The molecular weight excluding hydrogens is 210 g/mol. The maximum Gasteiger partial charge on any atom is 0.0580 e. The SMILES string of the molecule is CC1CC(C)CC(OCCCC(C)(C)CN)C1. The molecule has 0 bridgehead atoms. The summed E-state index contributed by atoms with van der Waals surface area (Å²) in [6, 6.07) is 0. The van der Waals surface area contributed by atoms with E-state index in [0.717, 1.165) is 31.4 Å². The monoisotopic (exact) mass is 241 g/mol. The Kier molecular flexibility index (Phi) is 5.94. The molecule has 2 N–H and O–H groups in total. The first kappa shape index (κ1) is 15.0. The fourth-order valence-corrected chi connectivity index (χ4v) is 2.91. The molecule has 0 heterocycles. The maximum atomic E-state index is 6.02. The molecule has 0 saturated heterocycles. The van der Waals surface area contributed by atoms with Crippen LogP contribution in [0.25, 0.3) is 0 Å². The van der Waals surface area contributed by atoms with E-state index in [2.05, 4.69) is 27.7 Å². The fraction of sp³-hybridized carbons (Fsp3) is 1.00. The Morgan fingerprint density at radius 1 is 1.12 bits per heavy atom. The van der Waals surface area contributed by atoms with Crippen LogP contribution in [0.5, 0.6) is 0 Å². The molecule has 0 aromatic heterocycles. The van der Waals surface area contributed by atoms with Crippen molar-refractivity contribution in [3.05, 3.63) is 0 Å². The van der Waals surface area contributed by atoms with E-state index in [9.17, 15) is 0 Å². The van der Waals surface area contributed by atoms with Crippen LogP contribution in [0.15, 0.2) is 0 Å². The lowest BCUT2D eigenvalue weighted by Crippen LogP contribution is -2.27. The summed E-state index contributed by atoms with van der Waals surface area (Å²) in [6.07, 6.45) is 6.70. The van der Waals surface area contributed by atoms with Crippen LogP contribution >= 0.6 is 0 Å². The van der Waals surface area contributed by atoms with Crippen LogP contribution in [-0.2, 0) is 4.74 Å². The normalized spacial score (nSPS) is 30.5. The number of hydrogen-bond donors (Lipinski definition) is 1. The number of nitrogens with two attached hydrogens (primary N) is 1. The average Bonchev–Trinajstić information content (AvgIpc) is 2.23. The smallest absolute Gasteiger partial charge is 0.0580 e. The van der Waals surface area contributed by atoms with Crippen LogP contribution in [0.4, 0.5) is 0 Å². The van der Waals surface area contributed by atoms with E-state index in [1.54, 1.807) is 0 Å². The molecule has 1 rings (SSSR count). The fourth-order valence-electron chi connectivity index (χ4n) is 2.91. The highest BCUT2D eigenvalue weighted by Gasteiger charge is 2.24. The Hall–Kier alpha value is -0.0800. The van der Waals surface area contributed by atoms with Crippen molar-refractivity contribution in [1.82, 2.24) is 0 Å². The van der Waals surface area contributed by atoms with Gasteiger partial charge < -0.3 is 10.5 Å². The van der Waals surface area contributed by atoms with Gasteiger partial charge in [-0.15, -0.1) is 0 Å². The van der Waals surface area contributed by atoms with Gasteiger partial charge in [0.05, 0.1) is 6.10 Å². The summed E-state index contributed by atoms with van der Waals surface area (Å²) in [5.74, 6) is 1.67. The molecule has 2 heteroatoms. The molecule has 102 valence electrons. The van der Waals surface area contributed by atoms with Gasteiger partial charge >= 0.3 is 0 Å². The van der Waals surface area contributed by atoms with Gasteiger partial charge in [-0.05, 0) is 55.9 Å². The maximum absolute atomic E-state index is 6.02. The van der Waals surface area contributed by atoms with E-state index in [1.807, 2.05) is 0 Å².